The lowest BCUT2D eigenvalue weighted by atomic mass is 10.5. The van der Waals surface area contributed by atoms with E-state index in [9.17, 15) is 8.42 Å². The minimum atomic E-state index is -3.57. The second kappa shape index (κ2) is 6.83. The average molecular weight is 276 g/mol. The van der Waals surface area contributed by atoms with Gasteiger partial charge in [-0.15, -0.1) is 0 Å². The number of methoxy groups -OCH3 is 1. The Morgan fingerprint density at radius 3 is 2.72 bits per heavy atom. The summed E-state index contributed by atoms with van der Waals surface area (Å²) in [4.78, 5) is 6.80. The van der Waals surface area contributed by atoms with E-state index < -0.39 is 10.0 Å². The van der Waals surface area contributed by atoms with Crippen LogP contribution in [0.25, 0.3) is 0 Å². The number of nitrogens with zero attached hydrogens (tertiary/aromatic N) is 2. The predicted molar refractivity (Wildman–Crippen MR) is 67.7 cm³/mol. The zero-order valence-corrected chi connectivity index (χ0v) is 11.5. The second-order valence-electron chi connectivity index (χ2n) is 3.73. The fourth-order valence-corrected chi connectivity index (χ4v) is 2.85. The molecular weight excluding hydrogens is 256 g/mol. The van der Waals surface area contributed by atoms with E-state index in [1.165, 1.54) is 17.6 Å². The van der Waals surface area contributed by atoms with E-state index in [1.54, 1.807) is 0 Å². The first kappa shape index (κ1) is 15.1. The number of H-pyrrole nitrogens is 1. The molecule has 18 heavy (non-hydrogen) atoms. The molecule has 0 aliphatic carbocycles. The number of imidazole rings is 1. The lowest BCUT2D eigenvalue weighted by Crippen LogP contribution is -2.37. The Balaban J connectivity index is 2.92. The number of hydrogen-bond acceptors (Lipinski definition) is 5. The molecule has 1 heterocycles. The van der Waals surface area contributed by atoms with Crippen molar-refractivity contribution < 1.29 is 13.2 Å². The summed E-state index contributed by atoms with van der Waals surface area (Å²) in [6.07, 6.45) is 2.00. The highest BCUT2D eigenvalue weighted by molar-refractivity contribution is 7.89. The molecule has 0 bridgehead atoms. The van der Waals surface area contributed by atoms with Gasteiger partial charge in [0.2, 0.25) is 0 Å². The highest BCUT2D eigenvalue weighted by Crippen LogP contribution is 2.13. The zero-order valence-electron chi connectivity index (χ0n) is 10.7. The van der Waals surface area contributed by atoms with Crippen molar-refractivity contribution in [2.45, 2.75) is 18.4 Å². The Hall–Kier alpha value is -0.960. The average Bonchev–Trinajstić information content (AvgIpc) is 2.83. The summed E-state index contributed by atoms with van der Waals surface area (Å²) in [6, 6.07) is 0. The third-order valence-corrected chi connectivity index (χ3v) is 4.29. The lowest BCUT2D eigenvalue weighted by molar-refractivity contribution is 0.179. The van der Waals surface area contributed by atoms with Crippen LogP contribution in [-0.2, 0) is 21.2 Å². The smallest absolute Gasteiger partial charge is 0.260 e. The Kier molecular flexibility index (Phi) is 5.73. The molecule has 104 valence electrons. The van der Waals surface area contributed by atoms with Crippen molar-refractivity contribution in [2.75, 3.05) is 33.4 Å². The van der Waals surface area contributed by atoms with Crippen LogP contribution in [0.4, 0.5) is 0 Å². The maximum absolute atomic E-state index is 12.3. The van der Waals surface area contributed by atoms with Gasteiger partial charge in [0.1, 0.15) is 5.82 Å². The largest absolute Gasteiger partial charge is 0.383 e. The molecule has 0 aliphatic heterocycles. The molecule has 0 radical (unpaired) electrons. The molecule has 0 amide bonds. The predicted octanol–water partition coefficient (Wildman–Crippen LogP) is -0.432. The van der Waals surface area contributed by atoms with Crippen molar-refractivity contribution in [3.05, 3.63) is 12.0 Å². The van der Waals surface area contributed by atoms with Crippen LogP contribution in [0.1, 0.15) is 12.7 Å². The van der Waals surface area contributed by atoms with Crippen molar-refractivity contribution in [3.63, 3.8) is 0 Å². The van der Waals surface area contributed by atoms with E-state index in [0.717, 1.165) is 0 Å². The Bertz CT molecular complexity index is 457. The number of nitrogens with two attached hydrogens (primary N) is 1. The molecule has 3 N–H and O–H groups in total. The number of aryl methyl sites for hydroxylation is 1. The fraction of sp³-hybridized carbons (Fsp3) is 0.700. The number of rotatable bonds is 8. The molecule has 0 fully saturated rings. The van der Waals surface area contributed by atoms with Crippen molar-refractivity contribution >= 4 is 10.0 Å². The zero-order chi connectivity index (χ0) is 13.6. The maximum atomic E-state index is 12.3. The molecule has 7 nitrogen and oxygen atoms in total. The molecule has 0 saturated carbocycles. The third-order valence-electron chi connectivity index (χ3n) is 2.48. The third kappa shape index (κ3) is 3.52. The Morgan fingerprint density at radius 1 is 1.50 bits per heavy atom. The van der Waals surface area contributed by atoms with Gasteiger partial charge in [0.15, 0.2) is 5.03 Å². The molecule has 0 spiro atoms. The lowest BCUT2D eigenvalue weighted by Gasteiger charge is -2.19. The summed E-state index contributed by atoms with van der Waals surface area (Å²) >= 11 is 0. The molecule has 1 aromatic rings. The van der Waals surface area contributed by atoms with Crippen LogP contribution in [0.5, 0.6) is 0 Å². The SMILES string of the molecule is CCc1ncc(S(=O)(=O)N(CCN)CCOC)[nH]1. The summed E-state index contributed by atoms with van der Waals surface area (Å²) in [6.45, 7) is 3.02. The number of aromatic amines is 1. The molecule has 0 aromatic carbocycles. The van der Waals surface area contributed by atoms with Crippen LogP contribution in [0, 0.1) is 0 Å². The van der Waals surface area contributed by atoms with Crippen molar-refractivity contribution in [2.24, 2.45) is 5.73 Å². The first-order chi connectivity index (χ1) is 8.56. The molecule has 0 atom stereocenters. The molecule has 1 rings (SSSR count). The number of nitrogens with one attached hydrogen (secondary N) is 1. The highest BCUT2D eigenvalue weighted by Gasteiger charge is 2.25. The van der Waals surface area contributed by atoms with Crippen LogP contribution in [0.2, 0.25) is 0 Å². The topological polar surface area (TPSA) is 101 Å². The van der Waals surface area contributed by atoms with Crippen molar-refractivity contribution in [1.29, 1.82) is 0 Å². The number of ether oxygens (including phenoxy) is 1. The molecule has 0 saturated heterocycles. The molecule has 8 heteroatoms. The van der Waals surface area contributed by atoms with Gasteiger partial charge in [0.05, 0.1) is 12.8 Å². The van der Waals surface area contributed by atoms with Crippen molar-refractivity contribution in [3.8, 4) is 0 Å². The molecule has 0 unspecified atom stereocenters. The summed E-state index contributed by atoms with van der Waals surface area (Å²) < 4.78 is 30.8. The van der Waals surface area contributed by atoms with E-state index in [1.807, 2.05) is 6.92 Å². The van der Waals surface area contributed by atoms with E-state index in [2.05, 4.69) is 9.97 Å². The summed E-state index contributed by atoms with van der Waals surface area (Å²) in [5.41, 5.74) is 5.43. The number of aromatic nitrogens is 2. The maximum Gasteiger partial charge on any atom is 0.260 e. The fourth-order valence-electron chi connectivity index (χ4n) is 1.48. The monoisotopic (exact) mass is 276 g/mol. The van der Waals surface area contributed by atoms with Gasteiger partial charge in [-0.2, -0.15) is 4.31 Å². The van der Waals surface area contributed by atoms with Gasteiger partial charge in [0, 0.05) is 33.2 Å². The molecule has 0 aliphatic rings. The van der Waals surface area contributed by atoms with Crippen LogP contribution in [0.3, 0.4) is 0 Å². The summed E-state index contributed by atoms with van der Waals surface area (Å²) in [5.74, 6) is 0.646. The minimum Gasteiger partial charge on any atom is -0.383 e. The van der Waals surface area contributed by atoms with Crippen LogP contribution < -0.4 is 5.73 Å². The van der Waals surface area contributed by atoms with Gasteiger partial charge in [0.25, 0.3) is 10.0 Å². The van der Waals surface area contributed by atoms with Gasteiger partial charge in [-0.1, -0.05) is 6.92 Å². The van der Waals surface area contributed by atoms with Gasteiger partial charge in [-0.25, -0.2) is 13.4 Å². The van der Waals surface area contributed by atoms with E-state index >= 15 is 0 Å². The second-order valence-corrected chi connectivity index (χ2v) is 5.64. The van der Waals surface area contributed by atoms with E-state index in [-0.39, 0.29) is 24.7 Å². The van der Waals surface area contributed by atoms with E-state index in [4.69, 9.17) is 10.5 Å². The quantitative estimate of drug-likeness (QED) is 0.671. The Labute approximate surface area is 107 Å². The van der Waals surface area contributed by atoms with Crippen LogP contribution >= 0.6 is 0 Å². The van der Waals surface area contributed by atoms with Crippen LogP contribution in [0.15, 0.2) is 11.2 Å². The molecular formula is C10H20N4O3S. The van der Waals surface area contributed by atoms with Gasteiger partial charge < -0.3 is 15.5 Å². The normalized spacial score (nSPS) is 12.2. The first-order valence-corrected chi connectivity index (χ1v) is 7.23. The van der Waals surface area contributed by atoms with Gasteiger partial charge in [-0.05, 0) is 0 Å². The standard InChI is InChI=1S/C10H20N4O3S/c1-3-9-12-8-10(13-9)18(15,16)14(5-4-11)6-7-17-2/h8H,3-7,11H2,1-2H3,(H,12,13). The highest BCUT2D eigenvalue weighted by atomic mass is 32.2. The van der Waals surface area contributed by atoms with Crippen LogP contribution in [-0.4, -0.2) is 56.0 Å². The van der Waals surface area contributed by atoms with Crippen molar-refractivity contribution in [1.82, 2.24) is 14.3 Å². The minimum absolute atomic E-state index is 0.101. The summed E-state index contributed by atoms with van der Waals surface area (Å²) in [7, 11) is -2.04. The van der Waals surface area contributed by atoms with E-state index in [0.29, 0.717) is 18.9 Å². The summed E-state index contributed by atoms with van der Waals surface area (Å²) in [5, 5.41) is 0.101. The Morgan fingerprint density at radius 2 is 2.22 bits per heavy atom. The molecule has 1 aromatic heterocycles. The first-order valence-electron chi connectivity index (χ1n) is 5.79. The van der Waals surface area contributed by atoms with Gasteiger partial charge in [-0.3, -0.25) is 0 Å². The number of hydrogen-bond donors (Lipinski definition) is 2. The number of sulfonamides is 1. The van der Waals surface area contributed by atoms with Gasteiger partial charge >= 0.3 is 0 Å².